The standard InChI is InChI=1S/C13H16N4O/c1-10(2)16(3)13(18)12-9-14-17(15-12)11-7-5-4-6-8-11/h4-10H,1-3H3. The topological polar surface area (TPSA) is 51.0 Å². The van der Waals surface area contributed by atoms with Gasteiger partial charge in [0.05, 0.1) is 11.9 Å². The highest BCUT2D eigenvalue weighted by Gasteiger charge is 2.17. The molecule has 0 fully saturated rings. The molecule has 2 aromatic rings. The Balaban J connectivity index is 2.24. The zero-order valence-electron chi connectivity index (χ0n) is 10.7. The van der Waals surface area contributed by atoms with Crippen LogP contribution in [-0.2, 0) is 0 Å². The molecule has 1 aromatic heterocycles. The van der Waals surface area contributed by atoms with Crippen molar-refractivity contribution in [3.05, 3.63) is 42.2 Å². The van der Waals surface area contributed by atoms with Crippen molar-refractivity contribution in [3.8, 4) is 5.69 Å². The Morgan fingerprint density at radius 1 is 1.28 bits per heavy atom. The van der Waals surface area contributed by atoms with Crippen LogP contribution in [0.4, 0.5) is 0 Å². The number of hydrogen-bond acceptors (Lipinski definition) is 3. The normalized spacial score (nSPS) is 10.7. The summed E-state index contributed by atoms with van der Waals surface area (Å²) < 4.78 is 0. The maximum absolute atomic E-state index is 12.0. The molecule has 1 amide bonds. The van der Waals surface area contributed by atoms with Crippen molar-refractivity contribution in [1.82, 2.24) is 19.9 Å². The smallest absolute Gasteiger partial charge is 0.276 e. The van der Waals surface area contributed by atoms with E-state index in [9.17, 15) is 4.79 Å². The number of aromatic nitrogens is 3. The Bertz CT molecular complexity index is 533. The second-order valence-electron chi connectivity index (χ2n) is 4.36. The van der Waals surface area contributed by atoms with Crippen LogP contribution >= 0.6 is 0 Å². The summed E-state index contributed by atoms with van der Waals surface area (Å²) in [6, 6.07) is 9.65. The largest absolute Gasteiger partial charge is 0.338 e. The van der Waals surface area contributed by atoms with Crippen LogP contribution in [0.3, 0.4) is 0 Å². The summed E-state index contributed by atoms with van der Waals surface area (Å²) in [5.74, 6) is -0.118. The first kappa shape index (κ1) is 12.3. The number of nitrogens with zero attached hydrogens (tertiary/aromatic N) is 4. The summed E-state index contributed by atoms with van der Waals surface area (Å²) in [6.07, 6.45) is 1.49. The van der Waals surface area contributed by atoms with Crippen molar-refractivity contribution in [3.63, 3.8) is 0 Å². The first-order valence-corrected chi connectivity index (χ1v) is 5.84. The van der Waals surface area contributed by atoms with E-state index in [1.54, 1.807) is 11.9 Å². The molecule has 18 heavy (non-hydrogen) atoms. The Morgan fingerprint density at radius 2 is 1.94 bits per heavy atom. The van der Waals surface area contributed by atoms with Gasteiger partial charge in [0, 0.05) is 13.1 Å². The summed E-state index contributed by atoms with van der Waals surface area (Å²) in [5.41, 5.74) is 1.19. The lowest BCUT2D eigenvalue weighted by Crippen LogP contribution is -2.33. The summed E-state index contributed by atoms with van der Waals surface area (Å²) in [7, 11) is 1.76. The molecule has 0 aliphatic heterocycles. The van der Waals surface area contributed by atoms with Crippen LogP contribution in [0.1, 0.15) is 24.3 Å². The van der Waals surface area contributed by atoms with E-state index in [0.717, 1.165) is 5.69 Å². The molecular weight excluding hydrogens is 228 g/mol. The lowest BCUT2D eigenvalue weighted by Gasteiger charge is -2.19. The first-order valence-electron chi connectivity index (χ1n) is 5.84. The van der Waals surface area contributed by atoms with Crippen molar-refractivity contribution in [2.45, 2.75) is 19.9 Å². The zero-order valence-corrected chi connectivity index (χ0v) is 10.7. The summed E-state index contributed by atoms with van der Waals surface area (Å²) >= 11 is 0. The number of carbonyl (C=O) groups excluding carboxylic acids is 1. The molecule has 2 rings (SSSR count). The quantitative estimate of drug-likeness (QED) is 0.826. The number of hydrogen-bond donors (Lipinski definition) is 0. The number of benzene rings is 1. The average molecular weight is 244 g/mol. The number of carbonyl (C=O) groups is 1. The molecule has 0 radical (unpaired) electrons. The Hall–Kier alpha value is -2.17. The van der Waals surface area contributed by atoms with Gasteiger partial charge in [-0.2, -0.15) is 9.90 Å². The molecule has 0 bridgehead atoms. The van der Waals surface area contributed by atoms with Crippen molar-refractivity contribution < 1.29 is 4.79 Å². The van der Waals surface area contributed by atoms with Crippen LogP contribution < -0.4 is 0 Å². The van der Waals surface area contributed by atoms with Crippen LogP contribution in [0, 0.1) is 0 Å². The van der Waals surface area contributed by atoms with Crippen LogP contribution in [-0.4, -0.2) is 38.9 Å². The lowest BCUT2D eigenvalue weighted by atomic mass is 10.3. The SMILES string of the molecule is CC(C)N(C)C(=O)c1cnn(-c2ccccc2)n1. The van der Waals surface area contributed by atoms with Gasteiger partial charge < -0.3 is 4.90 Å². The molecule has 0 aliphatic carbocycles. The molecular formula is C13H16N4O. The van der Waals surface area contributed by atoms with Gasteiger partial charge in [0.1, 0.15) is 0 Å². The molecule has 1 aromatic carbocycles. The second kappa shape index (κ2) is 5.00. The average Bonchev–Trinajstić information content (AvgIpc) is 2.87. The minimum atomic E-state index is -0.118. The fraction of sp³-hybridized carbons (Fsp3) is 0.308. The fourth-order valence-electron chi connectivity index (χ4n) is 1.46. The van der Waals surface area contributed by atoms with E-state index < -0.39 is 0 Å². The highest BCUT2D eigenvalue weighted by atomic mass is 16.2. The van der Waals surface area contributed by atoms with Gasteiger partial charge in [-0.1, -0.05) is 18.2 Å². The first-order chi connectivity index (χ1) is 8.59. The Morgan fingerprint density at radius 3 is 2.56 bits per heavy atom. The molecule has 0 saturated heterocycles. The highest BCUT2D eigenvalue weighted by molar-refractivity contribution is 5.91. The predicted molar refractivity (Wildman–Crippen MR) is 68.6 cm³/mol. The van der Waals surface area contributed by atoms with Crippen molar-refractivity contribution in [2.24, 2.45) is 0 Å². The molecule has 5 heteroatoms. The summed E-state index contributed by atoms with van der Waals surface area (Å²) in [5, 5.41) is 8.31. The third-order valence-electron chi connectivity index (χ3n) is 2.79. The zero-order chi connectivity index (χ0) is 13.1. The molecule has 0 N–H and O–H groups in total. The van der Waals surface area contributed by atoms with Crippen LogP contribution in [0.5, 0.6) is 0 Å². The molecule has 0 aliphatic rings. The van der Waals surface area contributed by atoms with Crippen molar-refractivity contribution >= 4 is 5.91 Å². The molecule has 1 heterocycles. The maximum atomic E-state index is 12.0. The third kappa shape index (κ3) is 2.40. The van der Waals surface area contributed by atoms with E-state index in [0.29, 0.717) is 5.69 Å². The Labute approximate surface area is 106 Å². The van der Waals surface area contributed by atoms with Crippen LogP contribution in [0.25, 0.3) is 5.69 Å². The van der Waals surface area contributed by atoms with Crippen LogP contribution in [0.2, 0.25) is 0 Å². The molecule has 5 nitrogen and oxygen atoms in total. The van der Waals surface area contributed by atoms with Crippen molar-refractivity contribution in [1.29, 1.82) is 0 Å². The molecule has 0 atom stereocenters. The van der Waals surface area contributed by atoms with Crippen LogP contribution in [0.15, 0.2) is 36.5 Å². The van der Waals surface area contributed by atoms with E-state index in [-0.39, 0.29) is 11.9 Å². The molecule has 0 saturated carbocycles. The van der Waals surface area contributed by atoms with Gasteiger partial charge in [0.2, 0.25) is 0 Å². The third-order valence-corrected chi connectivity index (χ3v) is 2.79. The number of para-hydroxylation sites is 1. The van der Waals surface area contributed by atoms with E-state index in [1.165, 1.54) is 11.0 Å². The van der Waals surface area contributed by atoms with Crippen molar-refractivity contribution in [2.75, 3.05) is 7.05 Å². The van der Waals surface area contributed by atoms with Gasteiger partial charge in [0.15, 0.2) is 5.69 Å². The second-order valence-corrected chi connectivity index (χ2v) is 4.36. The Kier molecular flexibility index (Phi) is 3.41. The van der Waals surface area contributed by atoms with Gasteiger partial charge in [0.25, 0.3) is 5.91 Å². The van der Waals surface area contributed by atoms with Gasteiger partial charge in [-0.25, -0.2) is 0 Å². The predicted octanol–water partition coefficient (Wildman–Crippen LogP) is 1.75. The summed E-state index contributed by atoms with van der Waals surface area (Å²) in [6.45, 7) is 3.92. The maximum Gasteiger partial charge on any atom is 0.276 e. The van der Waals surface area contributed by atoms with E-state index in [2.05, 4.69) is 10.2 Å². The highest BCUT2D eigenvalue weighted by Crippen LogP contribution is 2.07. The minimum absolute atomic E-state index is 0.118. The van der Waals surface area contributed by atoms with Gasteiger partial charge in [-0.05, 0) is 26.0 Å². The van der Waals surface area contributed by atoms with E-state index in [4.69, 9.17) is 0 Å². The lowest BCUT2D eigenvalue weighted by molar-refractivity contribution is 0.0748. The van der Waals surface area contributed by atoms with Gasteiger partial charge >= 0.3 is 0 Å². The van der Waals surface area contributed by atoms with E-state index in [1.807, 2.05) is 44.2 Å². The fourth-order valence-corrected chi connectivity index (χ4v) is 1.46. The summed E-state index contributed by atoms with van der Waals surface area (Å²) in [4.78, 5) is 15.1. The molecule has 0 spiro atoms. The van der Waals surface area contributed by atoms with Gasteiger partial charge in [-0.3, -0.25) is 4.79 Å². The molecule has 94 valence electrons. The molecule has 0 unspecified atom stereocenters. The number of amides is 1. The minimum Gasteiger partial charge on any atom is -0.338 e. The van der Waals surface area contributed by atoms with E-state index >= 15 is 0 Å². The van der Waals surface area contributed by atoms with Gasteiger partial charge in [-0.15, -0.1) is 5.10 Å². The monoisotopic (exact) mass is 244 g/mol. The number of rotatable bonds is 3.